The number of rotatable bonds is 9. The Hall–Kier alpha value is -1.86. The van der Waals surface area contributed by atoms with Gasteiger partial charge in [0.05, 0.1) is 6.61 Å². The van der Waals surface area contributed by atoms with Gasteiger partial charge in [0.1, 0.15) is 5.56 Å². The number of alkyl halides is 3. The summed E-state index contributed by atoms with van der Waals surface area (Å²) in [7, 11) is 0. The molecule has 0 unspecified atom stereocenters. The first-order valence-corrected chi connectivity index (χ1v) is 7.16. The van der Waals surface area contributed by atoms with Crippen LogP contribution in [0.3, 0.4) is 0 Å². The van der Waals surface area contributed by atoms with Crippen molar-refractivity contribution in [3.05, 3.63) is 17.6 Å². The van der Waals surface area contributed by atoms with Gasteiger partial charge in [-0.15, -0.1) is 0 Å². The van der Waals surface area contributed by atoms with Crippen LogP contribution in [0.4, 0.5) is 13.2 Å². The number of aromatic nitrogens is 2. The van der Waals surface area contributed by atoms with Gasteiger partial charge in [0.2, 0.25) is 11.7 Å². The zero-order valence-corrected chi connectivity index (χ0v) is 12.3. The van der Waals surface area contributed by atoms with E-state index in [-0.39, 0.29) is 6.61 Å². The zero-order chi connectivity index (χ0) is 16.6. The van der Waals surface area contributed by atoms with Crippen molar-refractivity contribution in [1.29, 1.82) is 0 Å². The molecule has 1 aromatic heterocycles. The van der Waals surface area contributed by atoms with Crippen LogP contribution in [-0.2, 0) is 6.18 Å². The van der Waals surface area contributed by atoms with Gasteiger partial charge in [0, 0.05) is 6.20 Å². The molecular formula is C14H19F3N2O3. The smallest absolute Gasteiger partial charge is 0.451 e. The molecule has 0 radical (unpaired) electrons. The molecule has 124 valence electrons. The monoisotopic (exact) mass is 320 g/mol. The van der Waals surface area contributed by atoms with E-state index in [2.05, 4.69) is 16.9 Å². The van der Waals surface area contributed by atoms with Crippen LogP contribution in [0.2, 0.25) is 0 Å². The van der Waals surface area contributed by atoms with Gasteiger partial charge in [-0.1, -0.05) is 39.0 Å². The molecule has 1 aromatic rings. The molecule has 5 nitrogen and oxygen atoms in total. The molecule has 1 rings (SSSR count). The number of unbranched alkanes of at least 4 members (excludes halogenated alkanes) is 5. The van der Waals surface area contributed by atoms with Gasteiger partial charge in [-0.3, -0.25) is 0 Å². The topological polar surface area (TPSA) is 72.3 Å². The average Bonchev–Trinajstić information content (AvgIpc) is 2.45. The maximum atomic E-state index is 12.5. The molecule has 0 aliphatic carbocycles. The second-order valence-corrected chi connectivity index (χ2v) is 4.83. The fraction of sp³-hybridized carbons (Fsp3) is 0.643. The summed E-state index contributed by atoms with van der Waals surface area (Å²) in [6, 6.07) is 0. The fourth-order valence-electron chi connectivity index (χ4n) is 1.81. The van der Waals surface area contributed by atoms with Gasteiger partial charge >= 0.3 is 12.1 Å². The normalized spacial score (nSPS) is 11.5. The summed E-state index contributed by atoms with van der Waals surface area (Å²) in [5.41, 5.74) is -0.473. The van der Waals surface area contributed by atoms with E-state index >= 15 is 0 Å². The minimum atomic E-state index is -4.74. The van der Waals surface area contributed by atoms with E-state index in [1.54, 1.807) is 0 Å². The summed E-state index contributed by atoms with van der Waals surface area (Å²) in [6.07, 6.45) is 1.77. The molecule has 22 heavy (non-hydrogen) atoms. The van der Waals surface area contributed by atoms with E-state index in [0.717, 1.165) is 32.1 Å². The molecular weight excluding hydrogens is 301 g/mol. The second-order valence-electron chi connectivity index (χ2n) is 4.83. The first-order valence-electron chi connectivity index (χ1n) is 7.16. The van der Waals surface area contributed by atoms with E-state index in [0.29, 0.717) is 12.6 Å². The summed E-state index contributed by atoms with van der Waals surface area (Å²) in [5, 5.41) is 8.92. The molecule has 0 saturated carbocycles. The van der Waals surface area contributed by atoms with Crippen molar-refractivity contribution < 1.29 is 27.8 Å². The van der Waals surface area contributed by atoms with Crippen molar-refractivity contribution in [1.82, 2.24) is 9.97 Å². The van der Waals surface area contributed by atoms with E-state index < -0.39 is 29.4 Å². The molecule has 0 bridgehead atoms. The lowest BCUT2D eigenvalue weighted by molar-refractivity contribution is -0.145. The summed E-state index contributed by atoms with van der Waals surface area (Å²) in [4.78, 5) is 17.1. The molecule has 1 heterocycles. The van der Waals surface area contributed by atoms with Crippen molar-refractivity contribution in [2.75, 3.05) is 6.61 Å². The van der Waals surface area contributed by atoms with Crippen LogP contribution in [0.25, 0.3) is 0 Å². The molecule has 0 saturated heterocycles. The molecule has 0 aliphatic rings. The standard InChI is InChI=1S/C14H19F3N2O3/c1-2-3-4-5-6-7-8-22-11-10(12(20)21)9-18-13(19-11)14(15,16)17/h9H,2-8H2,1H3,(H,20,21). The van der Waals surface area contributed by atoms with Gasteiger partial charge in [-0.05, 0) is 6.42 Å². The largest absolute Gasteiger partial charge is 0.477 e. The van der Waals surface area contributed by atoms with Gasteiger partial charge in [-0.2, -0.15) is 18.2 Å². The van der Waals surface area contributed by atoms with Crippen molar-refractivity contribution in [2.45, 2.75) is 51.6 Å². The predicted octanol–water partition coefficient (Wildman–Crippen LogP) is 3.93. The Morgan fingerprint density at radius 2 is 1.86 bits per heavy atom. The molecule has 0 atom stereocenters. The van der Waals surface area contributed by atoms with E-state index in [1.807, 2.05) is 0 Å². The van der Waals surface area contributed by atoms with Gasteiger partial charge < -0.3 is 9.84 Å². The summed E-state index contributed by atoms with van der Waals surface area (Å²) >= 11 is 0. The lowest BCUT2D eigenvalue weighted by Gasteiger charge is -2.10. The molecule has 1 N–H and O–H groups in total. The van der Waals surface area contributed by atoms with Gasteiger partial charge in [-0.25, -0.2) is 9.78 Å². The maximum Gasteiger partial charge on any atom is 0.451 e. The van der Waals surface area contributed by atoms with Crippen LogP contribution in [0.5, 0.6) is 5.88 Å². The summed E-state index contributed by atoms with van der Waals surface area (Å²) < 4.78 is 42.7. The Kier molecular flexibility index (Phi) is 7.07. The quantitative estimate of drug-likeness (QED) is 0.698. The number of ether oxygens (including phenoxy) is 1. The highest BCUT2D eigenvalue weighted by molar-refractivity contribution is 5.89. The number of aromatic carboxylic acids is 1. The Labute approximate surface area is 126 Å². The number of carboxylic acid groups (broad SMARTS) is 1. The minimum absolute atomic E-state index is 0.126. The Balaban J connectivity index is 2.61. The highest BCUT2D eigenvalue weighted by Crippen LogP contribution is 2.28. The number of halogens is 3. The lowest BCUT2D eigenvalue weighted by Crippen LogP contribution is -2.15. The number of carbonyl (C=O) groups is 1. The third-order valence-corrected chi connectivity index (χ3v) is 2.97. The van der Waals surface area contributed by atoms with Crippen molar-refractivity contribution >= 4 is 5.97 Å². The van der Waals surface area contributed by atoms with Crippen LogP contribution in [0.1, 0.15) is 61.6 Å². The fourth-order valence-corrected chi connectivity index (χ4v) is 1.81. The SMILES string of the molecule is CCCCCCCCOc1nc(C(F)(F)F)ncc1C(=O)O. The Morgan fingerprint density at radius 1 is 1.23 bits per heavy atom. The zero-order valence-electron chi connectivity index (χ0n) is 12.3. The highest BCUT2D eigenvalue weighted by Gasteiger charge is 2.36. The Bertz CT molecular complexity index is 493. The number of carboxylic acids is 1. The first kappa shape index (κ1) is 18.2. The average molecular weight is 320 g/mol. The third-order valence-electron chi connectivity index (χ3n) is 2.97. The van der Waals surface area contributed by atoms with Gasteiger partial charge in [0.15, 0.2) is 0 Å². The number of nitrogens with zero attached hydrogens (tertiary/aromatic N) is 2. The minimum Gasteiger partial charge on any atom is -0.477 e. The van der Waals surface area contributed by atoms with E-state index in [1.165, 1.54) is 0 Å². The number of hydrogen-bond donors (Lipinski definition) is 1. The Morgan fingerprint density at radius 3 is 2.45 bits per heavy atom. The van der Waals surface area contributed by atoms with E-state index in [9.17, 15) is 18.0 Å². The van der Waals surface area contributed by atoms with Crippen LogP contribution in [0, 0.1) is 0 Å². The molecule has 0 aromatic carbocycles. The van der Waals surface area contributed by atoms with Crippen molar-refractivity contribution in [3.63, 3.8) is 0 Å². The van der Waals surface area contributed by atoms with E-state index in [4.69, 9.17) is 9.84 Å². The van der Waals surface area contributed by atoms with Crippen LogP contribution >= 0.6 is 0 Å². The number of hydrogen-bond acceptors (Lipinski definition) is 4. The predicted molar refractivity (Wildman–Crippen MR) is 72.9 cm³/mol. The second kappa shape index (κ2) is 8.55. The maximum absolute atomic E-state index is 12.5. The van der Waals surface area contributed by atoms with Crippen molar-refractivity contribution in [2.24, 2.45) is 0 Å². The molecule has 8 heteroatoms. The molecule has 0 amide bonds. The van der Waals surface area contributed by atoms with Crippen LogP contribution in [0.15, 0.2) is 6.20 Å². The highest BCUT2D eigenvalue weighted by atomic mass is 19.4. The van der Waals surface area contributed by atoms with Crippen molar-refractivity contribution in [3.8, 4) is 5.88 Å². The molecule has 0 spiro atoms. The first-order chi connectivity index (χ1) is 10.4. The summed E-state index contributed by atoms with van der Waals surface area (Å²) in [5.74, 6) is -3.37. The van der Waals surface area contributed by atoms with Crippen LogP contribution < -0.4 is 4.74 Å². The molecule has 0 aliphatic heterocycles. The molecule has 0 fully saturated rings. The summed E-state index contributed by atoms with van der Waals surface area (Å²) in [6.45, 7) is 2.23. The third kappa shape index (κ3) is 5.87. The van der Waals surface area contributed by atoms with Gasteiger partial charge in [0.25, 0.3) is 0 Å². The lowest BCUT2D eigenvalue weighted by atomic mass is 10.1. The van der Waals surface area contributed by atoms with Crippen LogP contribution in [-0.4, -0.2) is 27.7 Å².